The quantitative estimate of drug-likeness (QED) is 0.468. The number of ether oxygens (including phenoxy) is 1. The number of nitrogens with zero attached hydrogens (tertiary/aromatic N) is 3. The predicted molar refractivity (Wildman–Crippen MR) is 103 cm³/mol. The largest absolute Gasteiger partial charge is 0.444 e. The zero-order chi connectivity index (χ0) is 19.6. The van der Waals surface area contributed by atoms with Crippen LogP contribution in [0.5, 0.6) is 0 Å². The minimum atomic E-state index is -0.547. The SMILES string of the molecule is CCN(CC)CCCCN(Cc1cc(C=O)ccn1)C(=O)OC(C)(C)C. The third kappa shape index (κ3) is 8.43. The van der Waals surface area contributed by atoms with Crippen molar-refractivity contribution in [3.05, 3.63) is 29.6 Å². The lowest BCUT2D eigenvalue weighted by Crippen LogP contribution is -2.37. The second-order valence-electron chi connectivity index (χ2n) is 7.33. The zero-order valence-electron chi connectivity index (χ0n) is 16.8. The molecule has 1 rings (SSSR count). The summed E-state index contributed by atoms with van der Waals surface area (Å²) in [4.78, 5) is 31.8. The minimum absolute atomic E-state index is 0.335. The molecule has 1 heterocycles. The number of carbonyl (C=O) groups excluding carboxylic acids is 2. The van der Waals surface area contributed by atoms with Gasteiger partial charge in [-0.2, -0.15) is 0 Å². The maximum Gasteiger partial charge on any atom is 0.410 e. The standard InChI is InChI=1S/C20H33N3O3/c1-6-22(7-2)12-8-9-13-23(19(25)26-20(3,4)5)15-18-14-17(16-24)10-11-21-18/h10-11,14,16H,6-9,12-13,15H2,1-5H3. The molecule has 0 aliphatic carbocycles. The first-order valence-corrected chi connectivity index (χ1v) is 9.39. The molecule has 0 saturated carbocycles. The monoisotopic (exact) mass is 363 g/mol. The molecule has 0 radical (unpaired) electrons. The molecule has 0 bridgehead atoms. The van der Waals surface area contributed by atoms with Gasteiger partial charge in [-0.3, -0.25) is 9.78 Å². The van der Waals surface area contributed by atoms with E-state index in [1.807, 2.05) is 20.8 Å². The Hall–Kier alpha value is -1.95. The van der Waals surface area contributed by atoms with Crippen LogP contribution in [0, 0.1) is 0 Å². The van der Waals surface area contributed by atoms with Gasteiger partial charge in [-0.25, -0.2) is 4.79 Å². The highest BCUT2D eigenvalue weighted by Crippen LogP contribution is 2.13. The first-order valence-electron chi connectivity index (χ1n) is 9.39. The van der Waals surface area contributed by atoms with Crippen molar-refractivity contribution in [2.75, 3.05) is 26.2 Å². The van der Waals surface area contributed by atoms with Crippen LogP contribution >= 0.6 is 0 Å². The van der Waals surface area contributed by atoms with Crippen molar-refractivity contribution >= 4 is 12.4 Å². The van der Waals surface area contributed by atoms with E-state index in [-0.39, 0.29) is 6.09 Å². The third-order valence-corrected chi connectivity index (χ3v) is 4.03. The molecule has 0 aliphatic heterocycles. The van der Waals surface area contributed by atoms with E-state index in [4.69, 9.17) is 4.74 Å². The number of unbranched alkanes of at least 4 members (excludes halogenated alkanes) is 1. The van der Waals surface area contributed by atoms with E-state index in [0.717, 1.165) is 38.8 Å². The van der Waals surface area contributed by atoms with Crippen LogP contribution in [0.25, 0.3) is 0 Å². The topological polar surface area (TPSA) is 62.7 Å². The van der Waals surface area contributed by atoms with Crippen molar-refractivity contribution in [2.45, 2.75) is 59.6 Å². The molecule has 0 atom stereocenters. The van der Waals surface area contributed by atoms with E-state index < -0.39 is 5.60 Å². The fraction of sp³-hybridized carbons (Fsp3) is 0.650. The molecule has 0 unspecified atom stereocenters. The summed E-state index contributed by atoms with van der Waals surface area (Å²) >= 11 is 0. The first-order chi connectivity index (χ1) is 12.3. The van der Waals surface area contributed by atoms with Gasteiger partial charge in [-0.15, -0.1) is 0 Å². The highest BCUT2D eigenvalue weighted by Gasteiger charge is 2.22. The lowest BCUT2D eigenvalue weighted by Gasteiger charge is -2.27. The minimum Gasteiger partial charge on any atom is -0.444 e. The first kappa shape index (κ1) is 22.1. The summed E-state index contributed by atoms with van der Waals surface area (Å²) in [5, 5.41) is 0. The van der Waals surface area contributed by atoms with Crippen LogP contribution in [-0.2, 0) is 11.3 Å². The van der Waals surface area contributed by atoms with Crippen LogP contribution in [0.1, 0.15) is 63.5 Å². The Labute approximate surface area is 157 Å². The van der Waals surface area contributed by atoms with E-state index in [2.05, 4.69) is 23.7 Å². The molecule has 0 aliphatic rings. The lowest BCUT2D eigenvalue weighted by atomic mass is 10.2. The second-order valence-corrected chi connectivity index (χ2v) is 7.33. The van der Waals surface area contributed by atoms with Gasteiger partial charge in [-0.1, -0.05) is 13.8 Å². The maximum atomic E-state index is 12.6. The Balaban J connectivity index is 2.72. The van der Waals surface area contributed by atoms with Crippen molar-refractivity contribution in [3.8, 4) is 0 Å². The van der Waals surface area contributed by atoms with Gasteiger partial charge in [0.05, 0.1) is 12.2 Å². The van der Waals surface area contributed by atoms with Crippen molar-refractivity contribution < 1.29 is 14.3 Å². The molecule has 0 fully saturated rings. The molecule has 0 saturated heterocycles. The van der Waals surface area contributed by atoms with Crippen molar-refractivity contribution in [3.63, 3.8) is 0 Å². The number of hydrogen-bond donors (Lipinski definition) is 0. The van der Waals surface area contributed by atoms with Gasteiger partial charge >= 0.3 is 6.09 Å². The molecule has 146 valence electrons. The van der Waals surface area contributed by atoms with E-state index in [1.165, 1.54) is 0 Å². The predicted octanol–water partition coefficient (Wildman–Crippen LogP) is 3.75. The Morgan fingerprint density at radius 1 is 1.19 bits per heavy atom. The average molecular weight is 364 g/mol. The summed E-state index contributed by atoms with van der Waals surface area (Å²) in [7, 11) is 0. The normalized spacial score (nSPS) is 11.5. The van der Waals surface area contributed by atoms with Crippen LogP contribution < -0.4 is 0 Å². The second kappa shape index (κ2) is 10.9. The van der Waals surface area contributed by atoms with Gasteiger partial charge in [0.1, 0.15) is 11.9 Å². The fourth-order valence-electron chi connectivity index (χ4n) is 2.59. The van der Waals surface area contributed by atoms with Crippen LogP contribution in [0.2, 0.25) is 0 Å². The molecule has 0 aromatic carbocycles. The number of pyridine rings is 1. The molecule has 0 N–H and O–H groups in total. The number of carbonyl (C=O) groups is 2. The van der Waals surface area contributed by atoms with Crippen LogP contribution in [-0.4, -0.2) is 58.9 Å². The van der Waals surface area contributed by atoms with E-state index in [1.54, 1.807) is 23.2 Å². The van der Waals surface area contributed by atoms with E-state index >= 15 is 0 Å². The van der Waals surface area contributed by atoms with Crippen molar-refractivity contribution in [2.24, 2.45) is 0 Å². The summed E-state index contributed by atoms with van der Waals surface area (Å²) in [5.41, 5.74) is 0.694. The van der Waals surface area contributed by atoms with Crippen LogP contribution in [0.3, 0.4) is 0 Å². The number of aromatic nitrogens is 1. The maximum absolute atomic E-state index is 12.6. The number of amides is 1. The summed E-state index contributed by atoms with van der Waals surface area (Å²) in [6.45, 7) is 13.9. The van der Waals surface area contributed by atoms with Crippen molar-refractivity contribution in [1.82, 2.24) is 14.8 Å². The van der Waals surface area contributed by atoms with Gasteiger partial charge < -0.3 is 14.5 Å². The highest BCUT2D eigenvalue weighted by atomic mass is 16.6. The molecule has 6 nitrogen and oxygen atoms in total. The molecule has 1 aromatic heterocycles. The molecule has 1 aromatic rings. The van der Waals surface area contributed by atoms with Gasteiger partial charge in [0.15, 0.2) is 0 Å². The summed E-state index contributed by atoms with van der Waals surface area (Å²) in [5.74, 6) is 0. The molecule has 26 heavy (non-hydrogen) atoms. The highest BCUT2D eigenvalue weighted by molar-refractivity contribution is 5.74. The van der Waals surface area contributed by atoms with Gasteiger partial charge in [0.2, 0.25) is 0 Å². The van der Waals surface area contributed by atoms with Crippen molar-refractivity contribution in [1.29, 1.82) is 0 Å². The Bertz CT molecular complexity index is 566. The number of aldehydes is 1. The molecule has 0 spiro atoms. The third-order valence-electron chi connectivity index (χ3n) is 4.03. The van der Waals surface area contributed by atoms with Crippen LogP contribution in [0.15, 0.2) is 18.3 Å². The molecule has 1 amide bonds. The summed E-state index contributed by atoms with van der Waals surface area (Å²) in [6.07, 6.45) is 3.93. The number of rotatable bonds is 10. The molecule has 6 heteroatoms. The van der Waals surface area contributed by atoms with E-state index in [9.17, 15) is 9.59 Å². The lowest BCUT2D eigenvalue weighted by molar-refractivity contribution is 0.0227. The van der Waals surface area contributed by atoms with E-state index in [0.29, 0.717) is 24.3 Å². The Morgan fingerprint density at radius 3 is 2.42 bits per heavy atom. The smallest absolute Gasteiger partial charge is 0.410 e. The van der Waals surface area contributed by atoms with Gasteiger partial charge in [-0.05, 0) is 65.4 Å². The van der Waals surface area contributed by atoms with Crippen LogP contribution in [0.4, 0.5) is 4.79 Å². The summed E-state index contributed by atoms with van der Waals surface area (Å²) in [6, 6.07) is 3.36. The summed E-state index contributed by atoms with van der Waals surface area (Å²) < 4.78 is 5.53. The fourth-order valence-corrected chi connectivity index (χ4v) is 2.59. The number of hydrogen-bond acceptors (Lipinski definition) is 5. The van der Waals surface area contributed by atoms with Gasteiger partial charge in [0.25, 0.3) is 0 Å². The Morgan fingerprint density at radius 2 is 1.85 bits per heavy atom. The Kier molecular flexibility index (Phi) is 9.27. The van der Waals surface area contributed by atoms with Gasteiger partial charge in [0, 0.05) is 18.3 Å². The zero-order valence-corrected chi connectivity index (χ0v) is 16.8. The average Bonchev–Trinajstić information content (AvgIpc) is 2.59. The molecular formula is C20H33N3O3. The molecular weight excluding hydrogens is 330 g/mol.